The van der Waals surface area contributed by atoms with Gasteiger partial charge in [-0.25, -0.2) is 0 Å². The third kappa shape index (κ3) is 5.11. The minimum absolute atomic E-state index is 0.905. The molecule has 0 bridgehead atoms. The van der Waals surface area contributed by atoms with Gasteiger partial charge in [-0.15, -0.1) is 6.58 Å². The summed E-state index contributed by atoms with van der Waals surface area (Å²) in [4.78, 5) is 0. The average Bonchev–Trinajstić information content (AvgIpc) is 2.56. The standard InChI is InChI=1S/C22H22/c1-3-5-6-8-20-11-15-22(16-12-20)18-17-21-13-9-19(7-4-2)10-14-21/h3-5,9-16H,2,6-8H2,1H3. The fraction of sp³-hybridized carbons (Fsp3) is 0.182. The van der Waals surface area contributed by atoms with Gasteiger partial charge in [-0.3, -0.25) is 0 Å². The Hall–Kier alpha value is -2.52. The molecule has 0 fully saturated rings. The molecule has 0 radical (unpaired) electrons. The third-order valence-corrected chi connectivity index (χ3v) is 3.47. The van der Waals surface area contributed by atoms with E-state index in [1.807, 2.05) is 6.08 Å². The van der Waals surface area contributed by atoms with Gasteiger partial charge in [0, 0.05) is 11.1 Å². The Labute approximate surface area is 134 Å². The second-order valence-corrected chi connectivity index (χ2v) is 5.24. The highest BCUT2D eigenvalue weighted by Gasteiger charge is 1.93. The highest BCUT2D eigenvalue weighted by molar-refractivity contribution is 5.44. The van der Waals surface area contributed by atoms with Crippen LogP contribution in [0.25, 0.3) is 0 Å². The maximum atomic E-state index is 3.75. The molecule has 2 aromatic rings. The van der Waals surface area contributed by atoms with E-state index in [0.29, 0.717) is 0 Å². The molecule has 0 aliphatic carbocycles. The van der Waals surface area contributed by atoms with Crippen molar-refractivity contribution in [1.29, 1.82) is 0 Å². The molecule has 0 saturated carbocycles. The van der Waals surface area contributed by atoms with Gasteiger partial charge in [0.05, 0.1) is 0 Å². The zero-order valence-corrected chi connectivity index (χ0v) is 13.2. The van der Waals surface area contributed by atoms with Crippen molar-refractivity contribution in [2.24, 2.45) is 0 Å². The van der Waals surface area contributed by atoms with Crippen molar-refractivity contribution in [2.45, 2.75) is 26.2 Å². The summed E-state index contributed by atoms with van der Waals surface area (Å²) in [6, 6.07) is 16.9. The van der Waals surface area contributed by atoms with Crippen LogP contribution in [0.1, 0.15) is 35.6 Å². The Balaban J connectivity index is 2.00. The van der Waals surface area contributed by atoms with E-state index in [2.05, 4.69) is 86.0 Å². The first kappa shape index (κ1) is 15.9. The van der Waals surface area contributed by atoms with E-state index in [0.717, 1.165) is 30.4 Å². The van der Waals surface area contributed by atoms with Gasteiger partial charge in [-0.2, -0.15) is 0 Å². The molecule has 0 aromatic heterocycles. The lowest BCUT2D eigenvalue weighted by molar-refractivity contribution is 0.999. The van der Waals surface area contributed by atoms with E-state index in [-0.39, 0.29) is 0 Å². The number of hydrogen-bond acceptors (Lipinski definition) is 0. The first-order valence-electron chi connectivity index (χ1n) is 7.74. The maximum absolute atomic E-state index is 3.75. The highest BCUT2D eigenvalue weighted by atomic mass is 14.0. The number of hydrogen-bond donors (Lipinski definition) is 0. The second kappa shape index (κ2) is 8.70. The minimum atomic E-state index is 0.905. The van der Waals surface area contributed by atoms with E-state index in [1.165, 1.54) is 11.1 Å². The topological polar surface area (TPSA) is 0 Å². The molecule has 0 atom stereocenters. The summed E-state index contributed by atoms with van der Waals surface area (Å²) < 4.78 is 0. The fourth-order valence-corrected chi connectivity index (χ4v) is 2.21. The van der Waals surface area contributed by atoms with Crippen LogP contribution in [0.2, 0.25) is 0 Å². The SMILES string of the molecule is C=CCc1ccc(C#Cc2ccc(CCC=CC)cc2)cc1. The summed E-state index contributed by atoms with van der Waals surface area (Å²) in [6.45, 7) is 5.81. The lowest BCUT2D eigenvalue weighted by Gasteiger charge is -1.98. The molecule has 2 aromatic carbocycles. The number of rotatable bonds is 5. The van der Waals surface area contributed by atoms with Crippen molar-refractivity contribution in [3.63, 3.8) is 0 Å². The molecular weight excluding hydrogens is 264 g/mol. The van der Waals surface area contributed by atoms with Crippen molar-refractivity contribution < 1.29 is 0 Å². The molecule has 0 saturated heterocycles. The van der Waals surface area contributed by atoms with Crippen molar-refractivity contribution in [3.05, 3.63) is 95.6 Å². The third-order valence-electron chi connectivity index (χ3n) is 3.47. The summed E-state index contributed by atoms with van der Waals surface area (Å²) in [5.41, 5.74) is 4.73. The molecular formula is C22H22. The predicted octanol–water partition coefficient (Wildman–Crippen LogP) is 5.32. The van der Waals surface area contributed by atoms with Crippen LogP contribution in [-0.4, -0.2) is 0 Å². The highest BCUT2D eigenvalue weighted by Crippen LogP contribution is 2.08. The molecule has 0 unspecified atom stereocenters. The lowest BCUT2D eigenvalue weighted by Crippen LogP contribution is -1.84. The molecule has 0 N–H and O–H groups in total. The second-order valence-electron chi connectivity index (χ2n) is 5.24. The summed E-state index contributed by atoms with van der Waals surface area (Å²) in [5, 5.41) is 0. The van der Waals surface area contributed by atoms with E-state index in [9.17, 15) is 0 Å². The fourth-order valence-electron chi connectivity index (χ4n) is 2.21. The van der Waals surface area contributed by atoms with E-state index in [4.69, 9.17) is 0 Å². The van der Waals surface area contributed by atoms with E-state index >= 15 is 0 Å². The van der Waals surface area contributed by atoms with Gasteiger partial charge in [-0.1, -0.05) is 54.3 Å². The van der Waals surface area contributed by atoms with Crippen LogP contribution >= 0.6 is 0 Å². The first-order valence-corrected chi connectivity index (χ1v) is 7.74. The van der Waals surface area contributed by atoms with Crippen molar-refractivity contribution in [1.82, 2.24) is 0 Å². The Bertz CT molecular complexity index is 674. The van der Waals surface area contributed by atoms with E-state index in [1.54, 1.807) is 0 Å². The van der Waals surface area contributed by atoms with Crippen molar-refractivity contribution in [3.8, 4) is 11.8 Å². The smallest absolute Gasteiger partial charge is 0.0249 e. The number of aryl methyl sites for hydroxylation is 1. The molecule has 0 aliphatic rings. The van der Waals surface area contributed by atoms with Gasteiger partial charge < -0.3 is 0 Å². The van der Waals surface area contributed by atoms with Crippen LogP contribution in [-0.2, 0) is 12.8 Å². The Morgan fingerprint density at radius 3 is 1.91 bits per heavy atom. The van der Waals surface area contributed by atoms with E-state index < -0.39 is 0 Å². The van der Waals surface area contributed by atoms with Gasteiger partial charge >= 0.3 is 0 Å². The quantitative estimate of drug-likeness (QED) is 0.515. The Morgan fingerprint density at radius 2 is 1.41 bits per heavy atom. The average molecular weight is 286 g/mol. The minimum Gasteiger partial charge on any atom is -0.103 e. The summed E-state index contributed by atoms with van der Waals surface area (Å²) in [6.07, 6.45) is 9.30. The van der Waals surface area contributed by atoms with Crippen LogP contribution in [0.4, 0.5) is 0 Å². The van der Waals surface area contributed by atoms with Crippen LogP contribution in [0.5, 0.6) is 0 Å². The summed E-state index contributed by atoms with van der Waals surface area (Å²) in [7, 11) is 0. The van der Waals surface area contributed by atoms with Crippen LogP contribution in [0, 0.1) is 11.8 Å². The normalized spacial score (nSPS) is 10.2. The lowest BCUT2D eigenvalue weighted by atomic mass is 10.1. The largest absolute Gasteiger partial charge is 0.103 e. The maximum Gasteiger partial charge on any atom is 0.0249 e. The zero-order chi connectivity index (χ0) is 15.6. The van der Waals surface area contributed by atoms with Gasteiger partial charge in [0.2, 0.25) is 0 Å². The summed E-state index contributed by atoms with van der Waals surface area (Å²) in [5.74, 6) is 6.44. The molecule has 22 heavy (non-hydrogen) atoms. The van der Waals surface area contributed by atoms with Crippen LogP contribution in [0.3, 0.4) is 0 Å². The molecule has 110 valence electrons. The molecule has 0 nitrogen and oxygen atoms in total. The molecule has 0 aliphatic heterocycles. The zero-order valence-electron chi connectivity index (χ0n) is 13.2. The first-order chi connectivity index (χ1) is 10.8. The Kier molecular flexibility index (Phi) is 6.27. The summed E-state index contributed by atoms with van der Waals surface area (Å²) >= 11 is 0. The van der Waals surface area contributed by atoms with Gasteiger partial charge in [0.1, 0.15) is 0 Å². The number of benzene rings is 2. The molecule has 2 rings (SSSR count). The van der Waals surface area contributed by atoms with Gasteiger partial charge in [-0.05, 0) is 61.6 Å². The van der Waals surface area contributed by atoms with Gasteiger partial charge in [0.15, 0.2) is 0 Å². The molecule has 0 heteroatoms. The number of allylic oxidation sites excluding steroid dienone is 3. The van der Waals surface area contributed by atoms with Gasteiger partial charge in [0.25, 0.3) is 0 Å². The predicted molar refractivity (Wildman–Crippen MR) is 95.9 cm³/mol. The van der Waals surface area contributed by atoms with Crippen molar-refractivity contribution >= 4 is 0 Å². The van der Waals surface area contributed by atoms with Crippen molar-refractivity contribution in [2.75, 3.05) is 0 Å². The Morgan fingerprint density at radius 1 is 0.864 bits per heavy atom. The molecule has 0 amide bonds. The molecule has 0 spiro atoms. The monoisotopic (exact) mass is 286 g/mol. The van der Waals surface area contributed by atoms with Crippen LogP contribution < -0.4 is 0 Å². The van der Waals surface area contributed by atoms with Crippen LogP contribution in [0.15, 0.2) is 73.3 Å². The molecule has 0 heterocycles.